The predicted molar refractivity (Wildman–Crippen MR) is 94.9 cm³/mol. The number of nitrogens with one attached hydrogen (secondary N) is 1. The minimum absolute atomic E-state index is 0.00234. The summed E-state index contributed by atoms with van der Waals surface area (Å²) in [4.78, 5) is 12.2. The van der Waals surface area contributed by atoms with Crippen LogP contribution < -0.4 is 14.8 Å². The molecule has 1 amide bonds. The highest BCUT2D eigenvalue weighted by molar-refractivity contribution is 9.10. The van der Waals surface area contributed by atoms with Crippen molar-refractivity contribution < 1.29 is 19.0 Å². The highest BCUT2D eigenvalue weighted by Crippen LogP contribution is 2.37. The summed E-state index contributed by atoms with van der Waals surface area (Å²) in [6, 6.07) is 5.20. The number of ether oxygens (including phenoxy) is 3. The van der Waals surface area contributed by atoms with Crippen molar-refractivity contribution in [2.24, 2.45) is 0 Å². The lowest BCUT2D eigenvalue weighted by molar-refractivity contribution is -0.117. The Balaban J connectivity index is 3.12. The van der Waals surface area contributed by atoms with Gasteiger partial charge in [-0.05, 0) is 53.5 Å². The molecule has 1 unspecified atom stereocenters. The number of benzene rings is 1. The molecule has 0 saturated carbocycles. The molecule has 0 aromatic heterocycles. The van der Waals surface area contributed by atoms with Gasteiger partial charge in [0.05, 0.1) is 24.8 Å². The van der Waals surface area contributed by atoms with E-state index in [1.54, 1.807) is 33.3 Å². The summed E-state index contributed by atoms with van der Waals surface area (Å²) in [5.41, 5.74) is 0.648. The Kier molecular flexibility index (Phi) is 8.30. The van der Waals surface area contributed by atoms with Crippen LogP contribution in [-0.4, -0.2) is 39.4 Å². The average Bonchev–Trinajstić information content (AvgIpc) is 2.52. The number of carbonyl (C=O) groups excluding carboxylic acids is 1. The minimum atomic E-state index is -0.452. The Hall–Kier alpha value is -2.04. The van der Waals surface area contributed by atoms with Crippen LogP contribution in [0, 0.1) is 11.3 Å². The van der Waals surface area contributed by atoms with E-state index < -0.39 is 5.91 Å². The van der Waals surface area contributed by atoms with Crippen LogP contribution in [0.1, 0.15) is 19.4 Å². The molecule has 1 N–H and O–H groups in total. The van der Waals surface area contributed by atoms with Crippen molar-refractivity contribution in [1.82, 2.24) is 5.32 Å². The first-order valence-electron chi connectivity index (χ1n) is 7.38. The first kappa shape index (κ1) is 20.0. The third kappa shape index (κ3) is 5.55. The molecule has 0 spiro atoms. The zero-order valence-corrected chi connectivity index (χ0v) is 15.8. The normalized spacial score (nSPS) is 12.2. The van der Waals surface area contributed by atoms with Crippen LogP contribution in [0.25, 0.3) is 6.08 Å². The van der Waals surface area contributed by atoms with Crippen LogP contribution in [0.2, 0.25) is 0 Å². The van der Waals surface area contributed by atoms with E-state index in [2.05, 4.69) is 21.2 Å². The fourth-order valence-corrected chi connectivity index (χ4v) is 2.66. The Morgan fingerprint density at radius 2 is 2.17 bits per heavy atom. The van der Waals surface area contributed by atoms with Crippen LogP contribution in [0.5, 0.6) is 11.5 Å². The van der Waals surface area contributed by atoms with E-state index in [4.69, 9.17) is 14.2 Å². The molecule has 0 fully saturated rings. The molecular formula is C17H21BrN2O4. The first-order valence-corrected chi connectivity index (χ1v) is 8.18. The standard InChI is InChI=1S/C17H21BrN2O4/c1-5-24-15-8-12(7-14(18)16(15)23-4)6-13(9-19)17(21)20-11(2)10-22-3/h6-8,11H,5,10H2,1-4H3,(H,20,21)/b13-6+. The maximum Gasteiger partial charge on any atom is 0.262 e. The average molecular weight is 397 g/mol. The van der Waals surface area contributed by atoms with Gasteiger partial charge in [-0.2, -0.15) is 5.26 Å². The monoisotopic (exact) mass is 396 g/mol. The van der Waals surface area contributed by atoms with Crippen LogP contribution >= 0.6 is 15.9 Å². The summed E-state index contributed by atoms with van der Waals surface area (Å²) >= 11 is 3.40. The van der Waals surface area contributed by atoms with Crippen LogP contribution in [0.3, 0.4) is 0 Å². The molecule has 1 atom stereocenters. The molecule has 0 aliphatic rings. The molecule has 1 aromatic carbocycles. The van der Waals surface area contributed by atoms with Crippen LogP contribution in [0.15, 0.2) is 22.2 Å². The number of amides is 1. The molecule has 6 nitrogen and oxygen atoms in total. The van der Waals surface area contributed by atoms with Gasteiger partial charge in [0.15, 0.2) is 11.5 Å². The lowest BCUT2D eigenvalue weighted by Crippen LogP contribution is -2.36. The van der Waals surface area contributed by atoms with Gasteiger partial charge in [0.1, 0.15) is 11.6 Å². The molecular weight excluding hydrogens is 376 g/mol. The minimum Gasteiger partial charge on any atom is -0.492 e. The zero-order chi connectivity index (χ0) is 18.1. The van der Waals surface area contributed by atoms with Gasteiger partial charge in [-0.25, -0.2) is 0 Å². The Morgan fingerprint density at radius 1 is 1.46 bits per heavy atom. The maximum absolute atomic E-state index is 12.2. The summed E-state index contributed by atoms with van der Waals surface area (Å²) in [6.07, 6.45) is 1.50. The molecule has 0 aliphatic carbocycles. The second kappa shape index (κ2) is 9.96. The highest BCUT2D eigenvalue weighted by Gasteiger charge is 2.15. The fourth-order valence-electron chi connectivity index (χ4n) is 2.04. The molecule has 0 bridgehead atoms. The Bertz CT molecular complexity index is 653. The van der Waals surface area contributed by atoms with Crippen LogP contribution in [-0.2, 0) is 9.53 Å². The van der Waals surface area contributed by atoms with Crippen molar-refractivity contribution in [3.63, 3.8) is 0 Å². The van der Waals surface area contributed by atoms with E-state index >= 15 is 0 Å². The quantitative estimate of drug-likeness (QED) is 0.539. The topological polar surface area (TPSA) is 80.6 Å². The van der Waals surface area contributed by atoms with Crippen molar-refractivity contribution >= 4 is 27.9 Å². The molecule has 1 aromatic rings. The van der Waals surface area contributed by atoms with Gasteiger partial charge >= 0.3 is 0 Å². The molecule has 0 aliphatic heterocycles. The molecule has 0 heterocycles. The second-order valence-corrected chi connectivity index (χ2v) is 5.82. The van der Waals surface area contributed by atoms with Crippen molar-refractivity contribution in [3.05, 3.63) is 27.7 Å². The van der Waals surface area contributed by atoms with E-state index in [1.807, 2.05) is 13.0 Å². The lowest BCUT2D eigenvalue weighted by Gasteiger charge is -2.13. The third-order valence-corrected chi connectivity index (χ3v) is 3.60. The van der Waals surface area contributed by atoms with E-state index in [0.717, 1.165) is 0 Å². The number of rotatable bonds is 8. The molecule has 1 rings (SSSR count). The largest absolute Gasteiger partial charge is 0.492 e. The van der Waals surface area contributed by atoms with Gasteiger partial charge in [0, 0.05) is 13.2 Å². The van der Waals surface area contributed by atoms with Crippen molar-refractivity contribution in [2.45, 2.75) is 19.9 Å². The maximum atomic E-state index is 12.2. The Morgan fingerprint density at radius 3 is 2.71 bits per heavy atom. The van der Waals surface area contributed by atoms with Crippen molar-refractivity contribution in [2.75, 3.05) is 27.4 Å². The van der Waals surface area contributed by atoms with E-state index in [-0.39, 0.29) is 11.6 Å². The number of carbonyl (C=O) groups is 1. The van der Waals surface area contributed by atoms with Gasteiger partial charge in [0.2, 0.25) is 0 Å². The second-order valence-electron chi connectivity index (χ2n) is 4.97. The van der Waals surface area contributed by atoms with Gasteiger partial charge in [-0.3, -0.25) is 4.79 Å². The fraction of sp³-hybridized carbons (Fsp3) is 0.412. The lowest BCUT2D eigenvalue weighted by atomic mass is 10.1. The zero-order valence-electron chi connectivity index (χ0n) is 14.2. The number of nitriles is 1. The van der Waals surface area contributed by atoms with Gasteiger partial charge < -0.3 is 19.5 Å². The highest BCUT2D eigenvalue weighted by atomic mass is 79.9. The summed E-state index contributed by atoms with van der Waals surface area (Å²) in [5, 5.41) is 12.0. The number of halogens is 1. The van der Waals surface area contributed by atoms with Gasteiger partial charge in [0.25, 0.3) is 5.91 Å². The number of methoxy groups -OCH3 is 2. The number of hydrogen-bond donors (Lipinski definition) is 1. The molecule has 0 saturated heterocycles. The summed E-state index contributed by atoms with van der Waals surface area (Å²) in [7, 11) is 3.09. The Labute approximate surface area is 150 Å². The van der Waals surface area contributed by atoms with Crippen LogP contribution in [0.4, 0.5) is 0 Å². The third-order valence-electron chi connectivity index (χ3n) is 3.01. The first-order chi connectivity index (χ1) is 11.5. The summed E-state index contributed by atoms with van der Waals surface area (Å²) in [5.74, 6) is 0.642. The number of hydrogen-bond acceptors (Lipinski definition) is 5. The van der Waals surface area contributed by atoms with Gasteiger partial charge in [-0.1, -0.05) is 0 Å². The molecule has 130 valence electrons. The predicted octanol–water partition coefficient (Wildman–Crippen LogP) is 2.91. The summed E-state index contributed by atoms with van der Waals surface area (Å²) in [6.45, 7) is 4.50. The van der Waals surface area contributed by atoms with E-state index in [9.17, 15) is 10.1 Å². The van der Waals surface area contributed by atoms with Crippen molar-refractivity contribution in [3.8, 4) is 17.6 Å². The molecule has 0 radical (unpaired) electrons. The van der Waals surface area contributed by atoms with E-state index in [1.165, 1.54) is 6.08 Å². The van der Waals surface area contributed by atoms with E-state index in [0.29, 0.717) is 34.7 Å². The summed E-state index contributed by atoms with van der Waals surface area (Å²) < 4.78 is 16.5. The molecule has 7 heteroatoms. The number of nitrogens with zero attached hydrogens (tertiary/aromatic N) is 1. The van der Waals surface area contributed by atoms with Gasteiger partial charge in [-0.15, -0.1) is 0 Å². The van der Waals surface area contributed by atoms with Crippen molar-refractivity contribution in [1.29, 1.82) is 5.26 Å². The SMILES string of the molecule is CCOc1cc(/C=C(\C#N)C(=O)NC(C)COC)cc(Br)c1OC. The smallest absolute Gasteiger partial charge is 0.262 e. The molecule has 24 heavy (non-hydrogen) atoms.